The van der Waals surface area contributed by atoms with Gasteiger partial charge in [-0.2, -0.15) is 0 Å². The standard InChI is InChI=1S/C14H21NO2/c1-4-8-15-12-6-5-7-13(10-12)17-14(16)9-11(2)3/h5-7,10-11,15H,4,8-9H2,1-3H3. The van der Waals surface area contributed by atoms with Gasteiger partial charge in [0, 0.05) is 24.7 Å². The minimum atomic E-state index is -0.173. The molecule has 0 saturated heterocycles. The number of ether oxygens (including phenoxy) is 1. The van der Waals surface area contributed by atoms with Crippen LogP contribution in [0.3, 0.4) is 0 Å². The molecule has 1 aromatic carbocycles. The second-order valence-electron chi connectivity index (χ2n) is 4.53. The van der Waals surface area contributed by atoms with Crippen LogP contribution in [0.2, 0.25) is 0 Å². The number of carbonyl (C=O) groups is 1. The van der Waals surface area contributed by atoms with Crippen molar-refractivity contribution in [2.24, 2.45) is 5.92 Å². The lowest BCUT2D eigenvalue weighted by Gasteiger charge is -2.09. The van der Waals surface area contributed by atoms with Crippen LogP contribution in [0.4, 0.5) is 5.69 Å². The van der Waals surface area contributed by atoms with Crippen molar-refractivity contribution >= 4 is 11.7 Å². The molecule has 0 aromatic heterocycles. The molecule has 0 aliphatic heterocycles. The number of anilines is 1. The van der Waals surface area contributed by atoms with Crippen LogP contribution in [0, 0.1) is 5.92 Å². The molecular weight excluding hydrogens is 214 g/mol. The molecule has 0 amide bonds. The van der Waals surface area contributed by atoms with Crippen molar-refractivity contribution in [1.29, 1.82) is 0 Å². The monoisotopic (exact) mass is 235 g/mol. The van der Waals surface area contributed by atoms with E-state index in [2.05, 4.69) is 12.2 Å². The molecule has 1 aromatic rings. The molecule has 0 fully saturated rings. The highest BCUT2D eigenvalue weighted by Gasteiger charge is 2.07. The number of benzene rings is 1. The molecule has 0 heterocycles. The van der Waals surface area contributed by atoms with Gasteiger partial charge in [-0.25, -0.2) is 0 Å². The first kappa shape index (κ1) is 13.6. The molecule has 0 radical (unpaired) electrons. The average molecular weight is 235 g/mol. The van der Waals surface area contributed by atoms with Crippen LogP contribution in [0.25, 0.3) is 0 Å². The zero-order chi connectivity index (χ0) is 12.7. The number of carbonyl (C=O) groups excluding carboxylic acids is 1. The predicted octanol–water partition coefficient (Wildman–Crippen LogP) is 3.46. The molecule has 1 N–H and O–H groups in total. The van der Waals surface area contributed by atoms with E-state index in [9.17, 15) is 4.79 Å². The summed E-state index contributed by atoms with van der Waals surface area (Å²) >= 11 is 0. The van der Waals surface area contributed by atoms with Crippen molar-refractivity contribution in [1.82, 2.24) is 0 Å². The largest absolute Gasteiger partial charge is 0.426 e. The predicted molar refractivity (Wildman–Crippen MR) is 70.3 cm³/mol. The first-order chi connectivity index (χ1) is 8.11. The second kappa shape index (κ2) is 6.94. The van der Waals surface area contributed by atoms with Crippen LogP contribution in [-0.2, 0) is 4.79 Å². The molecule has 3 nitrogen and oxygen atoms in total. The zero-order valence-electron chi connectivity index (χ0n) is 10.8. The molecule has 1 rings (SSSR count). The van der Waals surface area contributed by atoms with Crippen LogP contribution < -0.4 is 10.1 Å². The third-order valence-electron chi connectivity index (χ3n) is 2.22. The lowest BCUT2D eigenvalue weighted by molar-refractivity contribution is -0.135. The normalized spacial score (nSPS) is 10.4. The summed E-state index contributed by atoms with van der Waals surface area (Å²) in [7, 11) is 0. The molecule has 0 atom stereocenters. The Hall–Kier alpha value is -1.51. The van der Waals surface area contributed by atoms with E-state index in [1.165, 1.54) is 0 Å². The Balaban J connectivity index is 2.56. The van der Waals surface area contributed by atoms with E-state index in [0.717, 1.165) is 18.7 Å². The van der Waals surface area contributed by atoms with Crippen LogP contribution >= 0.6 is 0 Å². The van der Waals surface area contributed by atoms with Crippen LogP contribution in [-0.4, -0.2) is 12.5 Å². The van der Waals surface area contributed by atoms with E-state index in [1.807, 2.05) is 32.0 Å². The first-order valence-corrected chi connectivity index (χ1v) is 6.16. The maximum atomic E-state index is 11.5. The minimum absolute atomic E-state index is 0.173. The zero-order valence-corrected chi connectivity index (χ0v) is 10.8. The van der Waals surface area contributed by atoms with Gasteiger partial charge in [0.2, 0.25) is 0 Å². The molecule has 0 aliphatic rings. The molecule has 94 valence electrons. The molecular formula is C14H21NO2. The van der Waals surface area contributed by atoms with E-state index in [0.29, 0.717) is 18.1 Å². The van der Waals surface area contributed by atoms with Crippen molar-refractivity contribution in [2.45, 2.75) is 33.6 Å². The molecule has 0 saturated carbocycles. The number of hydrogen-bond donors (Lipinski definition) is 1. The Bertz CT molecular complexity index is 361. The summed E-state index contributed by atoms with van der Waals surface area (Å²) in [4.78, 5) is 11.5. The van der Waals surface area contributed by atoms with Crippen LogP contribution in [0.5, 0.6) is 5.75 Å². The fourth-order valence-electron chi connectivity index (χ4n) is 1.45. The van der Waals surface area contributed by atoms with E-state index in [1.54, 1.807) is 6.07 Å². The van der Waals surface area contributed by atoms with E-state index >= 15 is 0 Å². The summed E-state index contributed by atoms with van der Waals surface area (Å²) in [6, 6.07) is 7.51. The van der Waals surface area contributed by atoms with Crippen molar-refractivity contribution in [2.75, 3.05) is 11.9 Å². The van der Waals surface area contributed by atoms with Gasteiger partial charge in [0.05, 0.1) is 0 Å². The fourth-order valence-corrected chi connectivity index (χ4v) is 1.45. The Kier molecular flexibility index (Phi) is 5.53. The van der Waals surface area contributed by atoms with Crippen molar-refractivity contribution < 1.29 is 9.53 Å². The highest BCUT2D eigenvalue weighted by Crippen LogP contribution is 2.18. The number of hydrogen-bond acceptors (Lipinski definition) is 3. The van der Waals surface area contributed by atoms with Crippen LogP contribution in [0.15, 0.2) is 24.3 Å². The highest BCUT2D eigenvalue weighted by molar-refractivity contribution is 5.73. The van der Waals surface area contributed by atoms with Gasteiger partial charge < -0.3 is 10.1 Å². The summed E-state index contributed by atoms with van der Waals surface area (Å²) in [6.45, 7) is 7.03. The van der Waals surface area contributed by atoms with Gasteiger partial charge in [-0.1, -0.05) is 26.8 Å². The Morgan fingerprint density at radius 2 is 2.18 bits per heavy atom. The van der Waals surface area contributed by atoms with Gasteiger partial charge in [0.1, 0.15) is 5.75 Å². The summed E-state index contributed by atoms with van der Waals surface area (Å²) in [6.07, 6.45) is 1.52. The smallest absolute Gasteiger partial charge is 0.311 e. The second-order valence-corrected chi connectivity index (χ2v) is 4.53. The summed E-state index contributed by atoms with van der Waals surface area (Å²) in [5, 5.41) is 3.26. The minimum Gasteiger partial charge on any atom is -0.426 e. The lowest BCUT2D eigenvalue weighted by atomic mass is 10.1. The number of esters is 1. The molecule has 17 heavy (non-hydrogen) atoms. The summed E-state index contributed by atoms with van der Waals surface area (Å²) < 4.78 is 5.27. The molecule has 0 bridgehead atoms. The third kappa shape index (κ3) is 5.38. The molecule has 0 spiro atoms. The number of rotatable bonds is 6. The van der Waals surface area contributed by atoms with E-state index in [-0.39, 0.29) is 5.97 Å². The van der Waals surface area contributed by atoms with Crippen molar-refractivity contribution in [3.8, 4) is 5.75 Å². The van der Waals surface area contributed by atoms with Gasteiger partial charge in [0.15, 0.2) is 0 Å². The average Bonchev–Trinajstić information content (AvgIpc) is 2.25. The van der Waals surface area contributed by atoms with E-state index < -0.39 is 0 Å². The maximum Gasteiger partial charge on any atom is 0.311 e. The Labute approximate surface area is 103 Å². The molecule has 0 unspecified atom stereocenters. The molecule has 0 aliphatic carbocycles. The SMILES string of the molecule is CCCNc1cccc(OC(=O)CC(C)C)c1. The van der Waals surface area contributed by atoms with Crippen LogP contribution in [0.1, 0.15) is 33.6 Å². The third-order valence-corrected chi connectivity index (χ3v) is 2.22. The maximum absolute atomic E-state index is 11.5. The summed E-state index contributed by atoms with van der Waals surface area (Å²) in [5.74, 6) is 0.758. The van der Waals surface area contributed by atoms with Gasteiger partial charge in [-0.15, -0.1) is 0 Å². The Morgan fingerprint density at radius 1 is 1.41 bits per heavy atom. The van der Waals surface area contributed by atoms with Gasteiger partial charge >= 0.3 is 5.97 Å². The molecule has 3 heteroatoms. The van der Waals surface area contributed by atoms with E-state index in [4.69, 9.17) is 4.74 Å². The van der Waals surface area contributed by atoms with Gasteiger partial charge in [-0.3, -0.25) is 4.79 Å². The van der Waals surface area contributed by atoms with Crippen molar-refractivity contribution in [3.63, 3.8) is 0 Å². The number of nitrogens with one attached hydrogen (secondary N) is 1. The lowest BCUT2D eigenvalue weighted by Crippen LogP contribution is -2.11. The quantitative estimate of drug-likeness (QED) is 0.606. The fraction of sp³-hybridized carbons (Fsp3) is 0.500. The Morgan fingerprint density at radius 3 is 2.82 bits per heavy atom. The van der Waals surface area contributed by atoms with Gasteiger partial charge in [0.25, 0.3) is 0 Å². The first-order valence-electron chi connectivity index (χ1n) is 6.16. The van der Waals surface area contributed by atoms with Gasteiger partial charge in [-0.05, 0) is 24.5 Å². The van der Waals surface area contributed by atoms with Crippen molar-refractivity contribution in [3.05, 3.63) is 24.3 Å². The topological polar surface area (TPSA) is 38.3 Å². The highest BCUT2D eigenvalue weighted by atomic mass is 16.5. The summed E-state index contributed by atoms with van der Waals surface area (Å²) in [5.41, 5.74) is 0.988.